The molecule has 0 aliphatic carbocycles. The summed E-state index contributed by atoms with van der Waals surface area (Å²) in [5.41, 5.74) is 1.44. The van der Waals surface area contributed by atoms with Crippen molar-refractivity contribution in [3.63, 3.8) is 0 Å². The number of hydrogen-bond donors (Lipinski definition) is 1. The standard InChI is InChI=1S/C21H21N5O3S2/c1-11(2)18-24-25-21(31-18)23-16(27)9-26-12(3)22-19-17(20(26)28)15(10-30-19)13-5-7-14(29-4)8-6-13/h5-8,10-11H,9H2,1-4H3,(H,23,25,27). The van der Waals surface area contributed by atoms with E-state index in [0.717, 1.165) is 21.9 Å². The van der Waals surface area contributed by atoms with Crippen LogP contribution in [0.5, 0.6) is 5.75 Å². The molecule has 0 fully saturated rings. The van der Waals surface area contributed by atoms with Gasteiger partial charge in [0.1, 0.15) is 28.0 Å². The third-order valence-electron chi connectivity index (χ3n) is 4.77. The summed E-state index contributed by atoms with van der Waals surface area (Å²) < 4.78 is 6.60. The van der Waals surface area contributed by atoms with E-state index in [2.05, 4.69) is 20.5 Å². The number of carbonyl (C=O) groups excluding carboxylic acids is 1. The summed E-state index contributed by atoms with van der Waals surface area (Å²) >= 11 is 2.74. The molecule has 0 aliphatic rings. The van der Waals surface area contributed by atoms with Crippen LogP contribution in [0, 0.1) is 6.92 Å². The van der Waals surface area contributed by atoms with Gasteiger partial charge in [0, 0.05) is 16.9 Å². The maximum Gasteiger partial charge on any atom is 0.263 e. The molecule has 4 rings (SSSR count). The van der Waals surface area contributed by atoms with Gasteiger partial charge in [-0.3, -0.25) is 19.5 Å². The van der Waals surface area contributed by atoms with Crippen molar-refractivity contribution in [2.24, 2.45) is 0 Å². The van der Waals surface area contributed by atoms with Gasteiger partial charge in [0.15, 0.2) is 0 Å². The van der Waals surface area contributed by atoms with Crippen LogP contribution in [0.15, 0.2) is 34.4 Å². The van der Waals surface area contributed by atoms with Crippen molar-refractivity contribution in [2.75, 3.05) is 12.4 Å². The number of methoxy groups -OCH3 is 1. The number of hydrogen-bond acceptors (Lipinski definition) is 8. The number of carbonyl (C=O) groups is 1. The minimum Gasteiger partial charge on any atom is -0.497 e. The Bertz CT molecular complexity index is 1310. The minimum atomic E-state index is -0.348. The third-order valence-corrected chi connectivity index (χ3v) is 6.78. The van der Waals surface area contributed by atoms with Crippen molar-refractivity contribution in [1.29, 1.82) is 0 Å². The Hall–Kier alpha value is -3.11. The van der Waals surface area contributed by atoms with E-state index in [1.807, 2.05) is 43.5 Å². The smallest absolute Gasteiger partial charge is 0.263 e. The minimum absolute atomic E-state index is 0.151. The molecule has 10 heteroatoms. The summed E-state index contributed by atoms with van der Waals surface area (Å²) in [7, 11) is 1.61. The van der Waals surface area contributed by atoms with Gasteiger partial charge in [-0.15, -0.1) is 21.5 Å². The molecular formula is C21H21N5O3S2. The van der Waals surface area contributed by atoms with E-state index in [4.69, 9.17) is 4.74 Å². The molecule has 0 unspecified atom stereocenters. The van der Waals surface area contributed by atoms with Crippen LogP contribution in [0.25, 0.3) is 21.3 Å². The average Bonchev–Trinajstić information content (AvgIpc) is 3.38. The lowest BCUT2D eigenvalue weighted by atomic mass is 10.1. The molecule has 0 spiro atoms. The maximum atomic E-state index is 13.3. The van der Waals surface area contributed by atoms with Gasteiger partial charge in [0.05, 0.1) is 12.5 Å². The Morgan fingerprint density at radius 2 is 1.97 bits per heavy atom. The maximum absolute atomic E-state index is 13.3. The van der Waals surface area contributed by atoms with Gasteiger partial charge in [-0.2, -0.15) is 0 Å². The van der Waals surface area contributed by atoms with E-state index in [9.17, 15) is 9.59 Å². The molecule has 3 aromatic heterocycles. The van der Waals surface area contributed by atoms with E-state index < -0.39 is 0 Å². The summed E-state index contributed by atoms with van der Waals surface area (Å²) in [6, 6.07) is 7.50. The number of aryl methyl sites for hydroxylation is 1. The lowest BCUT2D eigenvalue weighted by molar-refractivity contribution is -0.116. The van der Waals surface area contributed by atoms with Gasteiger partial charge in [0.25, 0.3) is 5.56 Å². The predicted octanol–water partition coefficient (Wildman–Crippen LogP) is 4.06. The Labute approximate surface area is 186 Å². The molecule has 8 nitrogen and oxygen atoms in total. The zero-order chi connectivity index (χ0) is 22.1. The first-order valence-electron chi connectivity index (χ1n) is 9.63. The molecule has 0 bridgehead atoms. The first kappa shape index (κ1) is 21.1. The molecule has 1 amide bonds. The van der Waals surface area contributed by atoms with Crippen LogP contribution in [-0.4, -0.2) is 32.8 Å². The van der Waals surface area contributed by atoms with Crippen molar-refractivity contribution in [3.05, 3.63) is 50.8 Å². The molecule has 0 radical (unpaired) electrons. The summed E-state index contributed by atoms with van der Waals surface area (Å²) in [5.74, 6) is 1.10. The number of benzene rings is 1. The lowest BCUT2D eigenvalue weighted by Gasteiger charge is -2.10. The second kappa shape index (κ2) is 8.56. The van der Waals surface area contributed by atoms with Crippen molar-refractivity contribution < 1.29 is 9.53 Å². The van der Waals surface area contributed by atoms with Gasteiger partial charge in [0.2, 0.25) is 11.0 Å². The highest BCUT2D eigenvalue weighted by Crippen LogP contribution is 2.32. The Morgan fingerprint density at radius 3 is 2.61 bits per heavy atom. The zero-order valence-electron chi connectivity index (χ0n) is 17.5. The Kier molecular flexibility index (Phi) is 5.84. The Morgan fingerprint density at radius 1 is 1.23 bits per heavy atom. The molecule has 160 valence electrons. The average molecular weight is 456 g/mol. The Balaban J connectivity index is 1.65. The van der Waals surface area contributed by atoms with Crippen LogP contribution in [0.1, 0.15) is 30.6 Å². The lowest BCUT2D eigenvalue weighted by Crippen LogP contribution is -2.30. The van der Waals surface area contributed by atoms with Crippen LogP contribution in [0.4, 0.5) is 5.13 Å². The second-order valence-electron chi connectivity index (χ2n) is 7.26. The molecule has 4 aromatic rings. The van der Waals surface area contributed by atoms with Crippen LogP contribution in [-0.2, 0) is 11.3 Å². The summed E-state index contributed by atoms with van der Waals surface area (Å²) in [4.78, 5) is 31.1. The molecule has 31 heavy (non-hydrogen) atoms. The highest BCUT2D eigenvalue weighted by molar-refractivity contribution is 7.17. The molecule has 3 heterocycles. The highest BCUT2D eigenvalue weighted by atomic mass is 32.1. The summed E-state index contributed by atoms with van der Waals surface area (Å²) in [6.07, 6.45) is 0. The number of ether oxygens (including phenoxy) is 1. The number of rotatable bonds is 6. The van der Waals surface area contributed by atoms with Crippen LogP contribution in [0.2, 0.25) is 0 Å². The monoisotopic (exact) mass is 455 g/mol. The summed E-state index contributed by atoms with van der Waals surface area (Å²) in [6.45, 7) is 5.60. The van der Waals surface area contributed by atoms with Gasteiger partial charge in [-0.25, -0.2) is 4.98 Å². The quantitative estimate of drug-likeness (QED) is 0.471. The van der Waals surface area contributed by atoms with Crippen molar-refractivity contribution >= 4 is 43.9 Å². The van der Waals surface area contributed by atoms with Crippen LogP contribution in [0.3, 0.4) is 0 Å². The SMILES string of the molecule is COc1ccc(-c2csc3nc(C)n(CC(=O)Nc4nnc(C(C)C)s4)c(=O)c23)cc1. The molecule has 0 aliphatic heterocycles. The second-order valence-corrected chi connectivity index (χ2v) is 9.12. The number of thiophene rings is 1. The van der Waals surface area contributed by atoms with E-state index in [1.54, 1.807) is 14.0 Å². The number of aromatic nitrogens is 4. The van der Waals surface area contributed by atoms with Crippen molar-refractivity contribution in [3.8, 4) is 16.9 Å². The number of amides is 1. The molecule has 1 N–H and O–H groups in total. The number of nitrogens with one attached hydrogen (secondary N) is 1. The number of nitrogens with zero attached hydrogens (tertiary/aromatic N) is 4. The molecule has 0 atom stereocenters. The van der Waals surface area contributed by atoms with E-state index in [0.29, 0.717) is 21.2 Å². The molecule has 1 aromatic carbocycles. The fourth-order valence-corrected chi connectivity index (χ4v) is 4.86. The van der Waals surface area contributed by atoms with Gasteiger partial charge in [-0.1, -0.05) is 37.3 Å². The first-order chi connectivity index (χ1) is 14.9. The van der Waals surface area contributed by atoms with Gasteiger partial charge >= 0.3 is 0 Å². The van der Waals surface area contributed by atoms with Crippen LogP contribution < -0.4 is 15.6 Å². The number of fused-ring (bicyclic) bond motifs is 1. The van der Waals surface area contributed by atoms with Crippen LogP contribution >= 0.6 is 22.7 Å². The summed E-state index contributed by atoms with van der Waals surface area (Å²) in [5, 5.41) is 14.5. The predicted molar refractivity (Wildman–Crippen MR) is 123 cm³/mol. The van der Waals surface area contributed by atoms with E-state index >= 15 is 0 Å². The van der Waals surface area contributed by atoms with Gasteiger partial charge in [-0.05, 0) is 24.6 Å². The normalized spacial score (nSPS) is 11.3. The topological polar surface area (TPSA) is 99.0 Å². The third kappa shape index (κ3) is 4.21. The van der Waals surface area contributed by atoms with E-state index in [1.165, 1.54) is 27.2 Å². The first-order valence-corrected chi connectivity index (χ1v) is 11.3. The van der Waals surface area contributed by atoms with E-state index in [-0.39, 0.29) is 23.9 Å². The molecular weight excluding hydrogens is 434 g/mol. The highest BCUT2D eigenvalue weighted by Gasteiger charge is 2.18. The zero-order valence-corrected chi connectivity index (χ0v) is 19.1. The molecule has 0 saturated carbocycles. The largest absolute Gasteiger partial charge is 0.497 e. The van der Waals surface area contributed by atoms with Crippen molar-refractivity contribution in [1.82, 2.24) is 19.7 Å². The van der Waals surface area contributed by atoms with Crippen molar-refractivity contribution in [2.45, 2.75) is 33.2 Å². The fourth-order valence-electron chi connectivity index (χ4n) is 3.12. The fraction of sp³-hybridized carbons (Fsp3) is 0.286. The van der Waals surface area contributed by atoms with Gasteiger partial charge < -0.3 is 4.74 Å². The number of anilines is 1. The molecule has 0 saturated heterocycles.